The summed E-state index contributed by atoms with van der Waals surface area (Å²) in [5.41, 5.74) is 0. The number of aromatic amines is 1. The summed E-state index contributed by atoms with van der Waals surface area (Å²) in [5.74, 6) is -1.38. The summed E-state index contributed by atoms with van der Waals surface area (Å²) in [6, 6.07) is 0. The molecule has 1 saturated heterocycles. The number of nitrogens with one attached hydrogen (secondary N) is 1. The zero-order valence-electron chi connectivity index (χ0n) is 9.20. The highest BCUT2D eigenvalue weighted by atomic mass is 32.1. The first kappa shape index (κ1) is 14.4. The molecule has 11 heteroatoms. The van der Waals surface area contributed by atoms with Crippen LogP contribution in [-0.4, -0.2) is 55.0 Å². The summed E-state index contributed by atoms with van der Waals surface area (Å²) in [6.45, 7) is -0.652. The fraction of sp³-hybridized carbons (Fsp3) is 0.750. The Morgan fingerprint density at radius 3 is 2.47 bits per heavy atom. The molecule has 2 heterocycles. The van der Waals surface area contributed by atoms with Crippen molar-refractivity contribution in [1.29, 1.82) is 0 Å². The lowest BCUT2D eigenvalue weighted by atomic mass is 10.1. The van der Waals surface area contributed by atoms with Crippen molar-refractivity contribution in [3.63, 3.8) is 0 Å². The molecular formula is C8H10F3N3O4S. The van der Waals surface area contributed by atoms with Gasteiger partial charge in [-0.25, -0.2) is 0 Å². The van der Waals surface area contributed by atoms with Crippen LogP contribution in [0.15, 0.2) is 0 Å². The van der Waals surface area contributed by atoms with E-state index in [0.717, 1.165) is 0 Å². The van der Waals surface area contributed by atoms with Gasteiger partial charge in [0.05, 0.1) is 6.61 Å². The molecule has 4 N–H and O–H groups in total. The molecule has 2 rings (SSSR count). The number of hydrogen-bond donors (Lipinski definition) is 4. The van der Waals surface area contributed by atoms with E-state index in [-0.39, 0.29) is 0 Å². The van der Waals surface area contributed by atoms with Crippen LogP contribution in [0.1, 0.15) is 12.1 Å². The molecule has 108 valence electrons. The number of hydrogen-bond acceptors (Lipinski definition) is 6. The maximum atomic E-state index is 12.7. The molecule has 19 heavy (non-hydrogen) atoms. The second kappa shape index (κ2) is 4.83. The minimum atomic E-state index is -4.81. The zero-order valence-corrected chi connectivity index (χ0v) is 10.0. The summed E-state index contributed by atoms with van der Waals surface area (Å²) in [7, 11) is 0. The maximum absolute atomic E-state index is 12.7. The minimum Gasteiger partial charge on any atom is -0.394 e. The third-order valence-corrected chi connectivity index (χ3v) is 3.02. The van der Waals surface area contributed by atoms with Gasteiger partial charge in [0.25, 0.3) is 0 Å². The number of H-pyrrole nitrogens is 1. The highest BCUT2D eigenvalue weighted by molar-refractivity contribution is 7.71. The Morgan fingerprint density at radius 1 is 1.37 bits per heavy atom. The summed E-state index contributed by atoms with van der Waals surface area (Å²) in [5, 5.41) is 33.1. The standard InChI is InChI=1S/C8H10F3N3O4S/c9-8(10,11)6-12-13-7(19)14(6)5-4(17)3(16)2(1-15)18-5/h2-5,15-17H,1H2,(H,13,19)/t2-,3-,4-,5?/m1/s1. The molecule has 1 aliphatic rings. The average Bonchev–Trinajstić information content (AvgIpc) is 2.82. The van der Waals surface area contributed by atoms with Gasteiger partial charge in [-0.05, 0) is 12.2 Å². The van der Waals surface area contributed by atoms with Gasteiger partial charge in [-0.15, -0.1) is 5.10 Å². The van der Waals surface area contributed by atoms with E-state index in [1.165, 1.54) is 0 Å². The Labute approximate surface area is 109 Å². The summed E-state index contributed by atoms with van der Waals surface area (Å²) >= 11 is 4.65. The summed E-state index contributed by atoms with van der Waals surface area (Å²) in [4.78, 5) is 0. The van der Waals surface area contributed by atoms with Crippen LogP contribution in [0.2, 0.25) is 0 Å². The van der Waals surface area contributed by atoms with Gasteiger partial charge in [0, 0.05) is 0 Å². The number of aliphatic hydroxyl groups excluding tert-OH is 3. The van der Waals surface area contributed by atoms with Crippen molar-refractivity contribution < 1.29 is 33.2 Å². The molecule has 7 nitrogen and oxygen atoms in total. The van der Waals surface area contributed by atoms with Gasteiger partial charge in [0.15, 0.2) is 11.0 Å². The quantitative estimate of drug-likeness (QED) is 0.553. The number of halogens is 3. The average molecular weight is 301 g/mol. The third kappa shape index (κ3) is 2.39. The molecule has 1 aromatic heterocycles. The van der Waals surface area contributed by atoms with Crippen molar-refractivity contribution >= 4 is 12.2 Å². The lowest BCUT2D eigenvalue weighted by Gasteiger charge is -2.18. The smallest absolute Gasteiger partial charge is 0.394 e. The summed E-state index contributed by atoms with van der Waals surface area (Å²) in [6.07, 6.45) is -10.8. The van der Waals surface area contributed by atoms with Crippen LogP contribution in [0.4, 0.5) is 13.2 Å². The third-order valence-electron chi connectivity index (χ3n) is 2.73. The van der Waals surface area contributed by atoms with Crippen molar-refractivity contribution in [2.75, 3.05) is 6.61 Å². The van der Waals surface area contributed by atoms with Crippen molar-refractivity contribution in [3.8, 4) is 0 Å². The Bertz CT molecular complexity index is 516. The number of alkyl halides is 3. The van der Waals surface area contributed by atoms with Crippen LogP contribution < -0.4 is 0 Å². The Hall–Kier alpha value is -1.01. The SMILES string of the molecule is OC[C@H]1OC(n2c(C(F)(F)F)n[nH]c2=S)[C@H](O)[C@@H]1O. The lowest BCUT2D eigenvalue weighted by molar-refractivity contribution is -0.155. The van der Waals surface area contributed by atoms with E-state index in [9.17, 15) is 23.4 Å². The number of aromatic nitrogens is 3. The molecule has 0 bridgehead atoms. The first-order valence-electron chi connectivity index (χ1n) is 5.14. The van der Waals surface area contributed by atoms with Crippen molar-refractivity contribution in [1.82, 2.24) is 14.8 Å². The highest BCUT2D eigenvalue weighted by Crippen LogP contribution is 2.35. The number of aliphatic hydroxyl groups is 3. The van der Waals surface area contributed by atoms with E-state index < -0.39 is 47.9 Å². The van der Waals surface area contributed by atoms with Crippen LogP contribution in [0.25, 0.3) is 0 Å². The first-order valence-corrected chi connectivity index (χ1v) is 5.54. The molecule has 0 saturated carbocycles. The fourth-order valence-corrected chi connectivity index (χ4v) is 2.07. The molecule has 1 fully saturated rings. The molecule has 0 radical (unpaired) electrons. The van der Waals surface area contributed by atoms with E-state index >= 15 is 0 Å². The second-order valence-electron chi connectivity index (χ2n) is 3.95. The van der Waals surface area contributed by atoms with Gasteiger partial charge >= 0.3 is 6.18 Å². The molecule has 0 aliphatic carbocycles. The van der Waals surface area contributed by atoms with Crippen molar-refractivity contribution in [3.05, 3.63) is 10.6 Å². The Balaban J connectivity index is 2.43. The minimum absolute atomic E-state index is 0.415. The van der Waals surface area contributed by atoms with E-state index in [1.54, 1.807) is 0 Å². The van der Waals surface area contributed by atoms with E-state index in [1.807, 2.05) is 5.10 Å². The van der Waals surface area contributed by atoms with E-state index in [4.69, 9.17) is 9.84 Å². The Morgan fingerprint density at radius 2 is 2.00 bits per heavy atom. The van der Waals surface area contributed by atoms with Crippen LogP contribution in [0.5, 0.6) is 0 Å². The number of ether oxygens (including phenoxy) is 1. The van der Waals surface area contributed by atoms with Gasteiger partial charge in [-0.2, -0.15) is 13.2 Å². The second-order valence-corrected chi connectivity index (χ2v) is 4.34. The predicted molar refractivity (Wildman–Crippen MR) is 55.4 cm³/mol. The van der Waals surface area contributed by atoms with Gasteiger partial charge in [0.1, 0.15) is 18.3 Å². The van der Waals surface area contributed by atoms with E-state index in [0.29, 0.717) is 4.57 Å². The zero-order chi connectivity index (χ0) is 14.4. The molecule has 0 spiro atoms. The molecule has 4 atom stereocenters. The molecule has 1 aliphatic heterocycles. The van der Waals surface area contributed by atoms with Crippen LogP contribution in [0, 0.1) is 4.77 Å². The van der Waals surface area contributed by atoms with Crippen LogP contribution in [0.3, 0.4) is 0 Å². The molecular weight excluding hydrogens is 291 g/mol. The molecule has 0 aromatic carbocycles. The van der Waals surface area contributed by atoms with Gasteiger partial charge < -0.3 is 20.1 Å². The molecule has 1 aromatic rings. The number of rotatable bonds is 2. The Kier molecular flexibility index (Phi) is 3.66. The van der Waals surface area contributed by atoms with Crippen LogP contribution >= 0.6 is 12.2 Å². The predicted octanol–water partition coefficient (Wildman–Crippen LogP) is -0.429. The topological polar surface area (TPSA) is 104 Å². The van der Waals surface area contributed by atoms with Crippen molar-refractivity contribution in [2.45, 2.75) is 30.7 Å². The molecule has 1 unspecified atom stereocenters. The first-order chi connectivity index (χ1) is 8.77. The number of nitrogens with zero attached hydrogens (tertiary/aromatic N) is 2. The monoisotopic (exact) mass is 301 g/mol. The largest absolute Gasteiger partial charge is 0.451 e. The summed E-state index contributed by atoms with van der Waals surface area (Å²) < 4.78 is 43.2. The van der Waals surface area contributed by atoms with Gasteiger partial charge in [-0.3, -0.25) is 9.67 Å². The maximum Gasteiger partial charge on any atom is 0.451 e. The molecule has 0 amide bonds. The van der Waals surface area contributed by atoms with Crippen LogP contribution in [-0.2, 0) is 10.9 Å². The van der Waals surface area contributed by atoms with Gasteiger partial charge in [0.2, 0.25) is 5.82 Å². The lowest BCUT2D eigenvalue weighted by Crippen LogP contribution is -2.33. The van der Waals surface area contributed by atoms with Crippen molar-refractivity contribution in [2.24, 2.45) is 0 Å². The highest BCUT2D eigenvalue weighted by Gasteiger charge is 2.48. The van der Waals surface area contributed by atoms with E-state index in [2.05, 4.69) is 17.3 Å². The normalized spacial score (nSPS) is 31.9. The fourth-order valence-electron chi connectivity index (χ4n) is 1.83. The van der Waals surface area contributed by atoms with Gasteiger partial charge in [-0.1, -0.05) is 0 Å².